The number of carbonyl (C=O) groups excluding carboxylic acids is 2. The molecule has 4 rings (SSSR count). The second-order valence-corrected chi connectivity index (χ2v) is 7.69. The van der Waals surface area contributed by atoms with Crippen molar-refractivity contribution in [2.24, 2.45) is 5.92 Å². The molecule has 1 heterocycles. The predicted molar refractivity (Wildman–Crippen MR) is 110 cm³/mol. The topological polar surface area (TPSA) is 71.1 Å². The van der Waals surface area contributed by atoms with E-state index in [-0.39, 0.29) is 29.7 Å². The number of rotatable bonds is 5. The van der Waals surface area contributed by atoms with Gasteiger partial charge in [0.1, 0.15) is 30.0 Å². The van der Waals surface area contributed by atoms with Crippen molar-refractivity contribution in [3.63, 3.8) is 0 Å². The van der Waals surface area contributed by atoms with Gasteiger partial charge in [-0.1, -0.05) is 17.7 Å². The average molecular weight is 429 g/mol. The van der Waals surface area contributed by atoms with Crippen LogP contribution in [0.1, 0.15) is 29.6 Å². The van der Waals surface area contributed by atoms with Gasteiger partial charge in [0.15, 0.2) is 0 Å². The minimum atomic E-state index is -0.408. The summed E-state index contributed by atoms with van der Waals surface area (Å²) in [6, 6.07) is 13.6. The number of benzene rings is 2. The van der Waals surface area contributed by atoms with E-state index in [0.717, 1.165) is 0 Å². The molecule has 156 valence electrons. The summed E-state index contributed by atoms with van der Waals surface area (Å²) in [5.41, 5.74) is 0.441. The molecule has 0 radical (unpaired) electrons. The Morgan fingerprint density at radius 3 is 2.63 bits per heavy atom. The van der Waals surface area contributed by atoms with Gasteiger partial charge in [-0.15, -0.1) is 0 Å². The van der Waals surface area contributed by atoms with Crippen LogP contribution >= 0.6 is 11.6 Å². The van der Waals surface area contributed by atoms with Crippen molar-refractivity contribution in [2.45, 2.75) is 31.5 Å². The van der Waals surface area contributed by atoms with Crippen molar-refractivity contribution >= 4 is 23.4 Å². The Morgan fingerprint density at radius 2 is 1.87 bits per heavy atom. The summed E-state index contributed by atoms with van der Waals surface area (Å²) in [7, 11) is 1.57. The molecule has 3 unspecified atom stereocenters. The number of hydrogen-bond acceptors (Lipinski definition) is 6. The average Bonchev–Trinajstić information content (AvgIpc) is 2.76. The van der Waals surface area contributed by atoms with E-state index in [1.165, 1.54) is 6.26 Å². The van der Waals surface area contributed by atoms with Gasteiger partial charge in [-0.05, 0) is 49.2 Å². The molecule has 1 fully saturated rings. The number of allylic oxidation sites excluding steroid dienone is 1. The Morgan fingerprint density at radius 1 is 1.10 bits per heavy atom. The van der Waals surface area contributed by atoms with E-state index in [1.807, 2.05) is 0 Å². The van der Waals surface area contributed by atoms with Crippen molar-refractivity contribution in [3.8, 4) is 11.5 Å². The van der Waals surface area contributed by atoms with E-state index in [2.05, 4.69) is 0 Å². The van der Waals surface area contributed by atoms with Gasteiger partial charge in [0.05, 0.1) is 18.6 Å². The quantitative estimate of drug-likeness (QED) is 0.650. The third-order valence-corrected chi connectivity index (χ3v) is 5.55. The summed E-state index contributed by atoms with van der Waals surface area (Å²) < 4.78 is 22.3. The highest BCUT2D eigenvalue weighted by molar-refractivity contribution is 6.30. The van der Waals surface area contributed by atoms with E-state index < -0.39 is 5.97 Å². The summed E-state index contributed by atoms with van der Waals surface area (Å²) >= 11 is 5.85. The zero-order valence-corrected chi connectivity index (χ0v) is 17.1. The van der Waals surface area contributed by atoms with Crippen LogP contribution in [0.25, 0.3) is 0 Å². The third kappa shape index (κ3) is 4.44. The number of methoxy groups -OCH3 is 1. The van der Waals surface area contributed by atoms with Gasteiger partial charge >= 0.3 is 5.97 Å². The van der Waals surface area contributed by atoms with Gasteiger partial charge in [-0.25, -0.2) is 4.79 Å². The van der Waals surface area contributed by atoms with Crippen LogP contribution in [0.4, 0.5) is 0 Å². The molecule has 2 aromatic carbocycles. The smallest absolute Gasteiger partial charge is 0.338 e. The molecule has 6 nitrogen and oxygen atoms in total. The van der Waals surface area contributed by atoms with Gasteiger partial charge in [-0.2, -0.15) is 0 Å². The highest BCUT2D eigenvalue weighted by Gasteiger charge is 2.42. The molecular weight excluding hydrogens is 408 g/mol. The van der Waals surface area contributed by atoms with E-state index in [4.69, 9.17) is 30.5 Å². The minimum absolute atomic E-state index is 0.100. The van der Waals surface area contributed by atoms with E-state index in [9.17, 15) is 9.59 Å². The molecule has 0 saturated heterocycles. The lowest BCUT2D eigenvalue weighted by molar-refractivity contribution is -0.132. The number of halogens is 1. The van der Waals surface area contributed by atoms with Crippen molar-refractivity contribution in [1.29, 1.82) is 0 Å². The number of carbonyl (C=O) groups is 2. The Balaban J connectivity index is 1.38. The van der Waals surface area contributed by atoms with Crippen LogP contribution in [0.3, 0.4) is 0 Å². The standard InChI is InChI=1S/C23H21ClO6/c1-27-16-3-2-4-17(11-16)29-21-13-28-20-12-18(9-10-19(20)22(21)25)30-23(26)14-5-7-15(24)8-6-14/h2-8,11,13,18-20H,9-10,12H2,1H3. The molecule has 1 aliphatic heterocycles. The first-order valence-corrected chi connectivity index (χ1v) is 10.1. The van der Waals surface area contributed by atoms with Gasteiger partial charge in [0.25, 0.3) is 0 Å². The minimum Gasteiger partial charge on any atom is -0.497 e. The fourth-order valence-corrected chi connectivity index (χ4v) is 3.84. The third-order valence-electron chi connectivity index (χ3n) is 5.30. The zero-order chi connectivity index (χ0) is 21.1. The van der Waals surface area contributed by atoms with Crippen molar-refractivity contribution < 1.29 is 28.5 Å². The van der Waals surface area contributed by atoms with Crippen LogP contribution in [-0.2, 0) is 14.3 Å². The fraction of sp³-hybridized carbons (Fsp3) is 0.304. The van der Waals surface area contributed by atoms with E-state index >= 15 is 0 Å². The zero-order valence-electron chi connectivity index (χ0n) is 16.4. The van der Waals surface area contributed by atoms with Gasteiger partial charge in [0.2, 0.25) is 11.5 Å². The first-order chi connectivity index (χ1) is 14.5. The number of esters is 1. The molecule has 0 N–H and O–H groups in total. The lowest BCUT2D eigenvalue weighted by Crippen LogP contribution is -2.43. The first kappa shape index (κ1) is 20.3. The Bertz CT molecular complexity index is 968. The monoisotopic (exact) mass is 428 g/mol. The predicted octanol–water partition coefficient (Wildman–Crippen LogP) is 4.56. The Kier molecular flexibility index (Phi) is 5.95. The van der Waals surface area contributed by atoms with Crippen molar-refractivity contribution in [3.05, 3.63) is 71.1 Å². The van der Waals surface area contributed by atoms with Gasteiger partial charge in [-0.3, -0.25) is 4.79 Å². The molecule has 0 bridgehead atoms. The van der Waals surface area contributed by atoms with Crippen molar-refractivity contribution in [2.75, 3.05) is 7.11 Å². The van der Waals surface area contributed by atoms with E-state index in [0.29, 0.717) is 41.3 Å². The van der Waals surface area contributed by atoms with Crippen LogP contribution in [0.2, 0.25) is 5.02 Å². The molecule has 1 aliphatic carbocycles. The maximum atomic E-state index is 12.9. The lowest BCUT2D eigenvalue weighted by atomic mass is 9.80. The first-order valence-electron chi connectivity index (χ1n) is 9.72. The van der Waals surface area contributed by atoms with Crippen molar-refractivity contribution in [1.82, 2.24) is 0 Å². The summed E-state index contributed by atoms with van der Waals surface area (Å²) in [6.07, 6.45) is 2.30. The molecule has 2 aromatic rings. The number of hydrogen-bond donors (Lipinski definition) is 0. The number of ether oxygens (including phenoxy) is 4. The maximum absolute atomic E-state index is 12.9. The summed E-state index contributed by atoms with van der Waals surface area (Å²) in [6.45, 7) is 0. The van der Waals surface area contributed by atoms with Crippen LogP contribution in [0.5, 0.6) is 11.5 Å². The molecule has 7 heteroatoms. The normalized spacial score (nSPS) is 22.9. The molecule has 0 aromatic heterocycles. The Labute approximate surface area is 179 Å². The summed E-state index contributed by atoms with van der Waals surface area (Å²) in [5.74, 6) is 0.480. The summed E-state index contributed by atoms with van der Waals surface area (Å²) in [5, 5.41) is 0.555. The molecule has 2 aliphatic rings. The van der Waals surface area contributed by atoms with Crippen LogP contribution in [0.15, 0.2) is 60.6 Å². The fourth-order valence-electron chi connectivity index (χ4n) is 3.71. The molecular formula is C23H21ClO6. The molecule has 1 saturated carbocycles. The molecule has 3 atom stereocenters. The Hall–Kier alpha value is -2.99. The van der Waals surface area contributed by atoms with Crippen LogP contribution in [0, 0.1) is 5.92 Å². The highest BCUT2D eigenvalue weighted by Crippen LogP contribution is 2.35. The van der Waals surface area contributed by atoms with Crippen LogP contribution in [-0.4, -0.2) is 31.1 Å². The highest BCUT2D eigenvalue weighted by atomic mass is 35.5. The second-order valence-electron chi connectivity index (χ2n) is 7.26. The number of fused-ring (bicyclic) bond motifs is 1. The number of Topliss-reactive ketones (excluding diaryl/α,β-unsaturated/α-hetero) is 1. The van der Waals surface area contributed by atoms with E-state index in [1.54, 1.807) is 55.6 Å². The van der Waals surface area contributed by atoms with Gasteiger partial charge < -0.3 is 18.9 Å². The maximum Gasteiger partial charge on any atom is 0.338 e. The number of ketones is 1. The van der Waals surface area contributed by atoms with Gasteiger partial charge in [0, 0.05) is 17.5 Å². The SMILES string of the molecule is COc1cccc(OC2=COC3CC(OC(=O)c4ccc(Cl)cc4)CCC3C2=O)c1. The largest absolute Gasteiger partial charge is 0.497 e. The molecule has 0 spiro atoms. The lowest BCUT2D eigenvalue weighted by Gasteiger charge is -2.36. The van der Waals surface area contributed by atoms with Crippen LogP contribution < -0.4 is 9.47 Å². The molecule has 0 amide bonds. The summed E-state index contributed by atoms with van der Waals surface area (Å²) in [4.78, 5) is 25.2. The second kappa shape index (κ2) is 8.79. The molecule has 30 heavy (non-hydrogen) atoms.